The summed E-state index contributed by atoms with van der Waals surface area (Å²) in [6.07, 6.45) is -0.827. The molecule has 0 aliphatic heterocycles. The monoisotopic (exact) mass is 333 g/mol. The first kappa shape index (κ1) is 17.3. The van der Waals surface area contributed by atoms with Crippen molar-refractivity contribution in [3.05, 3.63) is 28.7 Å². The van der Waals surface area contributed by atoms with Gasteiger partial charge in [0.05, 0.1) is 5.60 Å². The number of rotatable bonds is 5. The van der Waals surface area contributed by atoms with Crippen molar-refractivity contribution >= 4 is 11.7 Å². The van der Waals surface area contributed by atoms with Gasteiger partial charge in [-0.1, -0.05) is 0 Å². The molecule has 2 N–H and O–H groups in total. The van der Waals surface area contributed by atoms with Gasteiger partial charge in [0.1, 0.15) is 12.2 Å². The Morgan fingerprint density at radius 3 is 2.65 bits per heavy atom. The van der Waals surface area contributed by atoms with Crippen molar-refractivity contribution in [1.82, 2.24) is 9.88 Å². The maximum Gasteiger partial charge on any atom is 0.406 e. The number of carbonyl (C=O) groups excluding carboxylic acids is 1. The minimum atomic E-state index is -4.51. The number of hydrogen-bond donors (Lipinski definition) is 2. The summed E-state index contributed by atoms with van der Waals surface area (Å²) < 4.78 is 43.0. The first-order chi connectivity index (χ1) is 10.7. The third-order valence-electron chi connectivity index (χ3n) is 3.89. The molecule has 1 saturated carbocycles. The lowest BCUT2D eigenvalue weighted by Crippen LogP contribution is -2.50. The Morgan fingerprint density at radius 1 is 1.43 bits per heavy atom. The van der Waals surface area contributed by atoms with Crippen molar-refractivity contribution in [2.24, 2.45) is 0 Å². The topological polar surface area (TPSA) is 72.4 Å². The maximum atomic E-state index is 12.4. The summed E-state index contributed by atoms with van der Waals surface area (Å²) in [4.78, 5) is 23.7. The summed E-state index contributed by atoms with van der Waals surface area (Å²) in [7, 11) is 1.56. The molecule has 0 bridgehead atoms. The number of methoxy groups -OCH3 is 1. The first-order valence-corrected chi connectivity index (χ1v) is 7.11. The van der Waals surface area contributed by atoms with Crippen LogP contribution >= 0.6 is 0 Å². The van der Waals surface area contributed by atoms with E-state index >= 15 is 0 Å². The number of urea groups is 1. The molecule has 2 amide bonds. The van der Waals surface area contributed by atoms with Gasteiger partial charge in [0, 0.05) is 19.9 Å². The number of carbonyl (C=O) groups is 1. The SMILES string of the molecule is COC1(CNC(=O)Nc2cccn(CC(F)(F)F)c2=O)CCC1. The van der Waals surface area contributed by atoms with E-state index in [1.54, 1.807) is 7.11 Å². The lowest BCUT2D eigenvalue weighted by Gasteiger charge is -2.40. The number of halogens is 3. The van der Waals surface area contributed by atoms with Crippen molar-refractivity contribution in [3.63, 3.8) is 0 Å². The fourth-order valence-electron chi connectivity index (χ4n) is 2.38. The molecule has 1 fully saturated rings. The summed E-state index contributed by atoms with van der Waals surface area (Å²) >= 11 is 0. The molecular weight excluding hydrogens is 315 g/mol. The second-order valence-corrected chi connectivity index (χ2v) is 5.52. The van der Waals surface area contributed by atoms with Crippen LogP contribution in [-0.4, -0.2) is 36.0 Å². The van der Waals surface area contributed by atoms with Gasteiger partial charge in [0.25, 0.3) is 5.56 Å². The van der Waals surface area contributed by atoms with Crippen molar-refractivity contribution in [2.45, 2.75) is 37.6 Å². The Balaban J connectivity index is 1.98. The van der Waals surface area contributed by atoms with E-state index in [0.29, 0.717) is 4.57 Å². The van der Waals surface area contributed by atoms with Crippen LogP contribution in [0.5, 0.6) is 0 Å². The first-order valence-electron chi connectivity index (χ1n) is 7.11. The lowest BCUT2D eigenvalue weighted by atomic mass is 9.80. The number of amides is 2. The summed E-state index contributed by atoms with van der Waals surface area (Å²) in [5.41, 5.74) is -1.51. The van der Waals surface area contributed by atoms with Gasteiger partial charge in [-0.15, -0.1) is 0 Å². The predicted molar refractivity (Wildman–Crippen MR) is 77.4 cm³/mol. The van der Waals surface area contributed by atoms with E-state index in [2.05, 4.69) is 10.6 Å². The number of nitrogens with one attached hydrogen (secondary N) is 2. The third kappa shape index (κ3) is 4.47. The van der Waals surface area contributed by atoms with Crippen LogP contribution in [0.4, 0.5) is 23.7 Å². The highest BCUT2D eigenvalue weighted by Crippen LogP contribution is 2.34. The van der Waals surface area contributed by atoms with Crippen molar-refractivity contribution in [1.29, 1.82) is 0 Å². The minimum Gasteiger partial charge on any atom is -0.376 e. The molecule has 0 spiro atoms. The summed E-state index contributed by atoms with van der Waals surface area (Å²) in [6.45, 7) is -1.13. The van der Waals surface area contributed by atoms with Gasteiger partial charge < -0.3 is 19.9 Å². The molecule has 0 aromatic carbocycles. The van der Waals surface area contributed by atoms with Crippen LogP contribution in [0.2, 0.25) is 0 Å². The maximum absolute atomic E-state index is 12.4. The van der Waals surface area contributed by atoms with Crippen LogP contribution in [-0.2, 0) is 11.3 Å². The molecule has 1 aliphatic rings. The molecule has 0 atom stereocenters. The normalized spacial score (nSPS) is 16.5. The molecule has 1 aliphatic carbocycles. The second-order valence-electron chi connectivity index (χ2n) is 5.52. The van der Waals surface area contributed by atoms with Crippen molar-refractivity contribution in [3.8, 4) is 0 Å². The number of anilines is 1. The van der Waals surface area contributed by atoms with E-state index in [1.807, 2.05) is 0 Å². The second kappa shape index (κ2) is 6.61. The Hall–Kier alpha value is -2.03. The van der Waals surface area contributed by atoms with Crippen LogP contribution in [0.25, 0.3) is 0 Å². The summed E-state index contributed by atoms with van der Waals surface area (Å²) in [5.74, 6) is 0. The van der Waals surface area contributed by atoms with Gasteiger partial charge in [-0.2, -0.15) is 13.2 Å². The fraction of sp³-hybridized carbons (Fsp3) is 0.571. The smallest absolute Gasteiger partial charge is 0.376 e. The third-order valence-corrected chi connectivity index (χ3v) is 3.89. The van der Waals surface area contributed by atoms with Crippen molar-refractivity contribution in [2.75, 3.05) is 19.0 Å². The van der Waals surface area contributed by atoms with Crippen molar-refractivity contribution < 1.29 is 22.7 Å². The van der Waals surface area contributed by atoms with Crippen LogP contribution < -0.4 is 16.2 Å². The highest BCUT2D eigenvalue weighted by Gasteiger charge is 2.37. The average Bonchev–Trinajstić information content (AvgIpc) is 2.41. The fourth-order valence-corrected chi connectivity index (χ4v) is 2.38. The molecule has 0 unspecified atom stereocenters. The number of alkyl halides is 3. The number of pyridine rings is 1. The zero-order valence-corrected chi connectivity index (χ0v) is 12.6. The van der Waals surface area contributed by atoms with E-state index in [1.165, 1.54) is 12.1 Å². The Kier molecular flexibility index (Phi) is 4.98. The molecule has 6 nitrogen and oxygen atoms in total. The number of hydrogen-bond acceptors (Lipinski definition) is 3. The van der Waals surface area contributed by atoms with Gasteiger partial charge >= 0.3 is 12.2 Å². The molecule has 0 radical (unpaired) electrons. The van der Waals surface area contributed by atoms with Crippen LogP contribution in [0.1, 0.15) is 19.3 Å². The molecule has 1 aromatic heterocycles. The number of ether oxygens (including phenoxy) is 1. The van der Waals surface area contributed by atoms with Gasteiger partial charge in [-0.05, 0) is 31.4 Å². The molecule has 2 rings (SSSR count). The molecule has 0 saturated heterocycles. The van der Waals surface area contributed by atoms with E-state index in [4.69, 9.17) is 4.74 Å². The van der Waals surface area contributed by atoms with Crippen LogP contribution in [0.15, 0.2) is 23.1 Å². The van der Waals surface area contributed by atoms with Crippen LogP contribution in [0.3, 0.4) is 0 Å². The predicted octanol–water partition coefficient (Wildman–Crippen LogP) is 2.10. The van der Waals surface area contributed by atoms with Gasteiger partial charge in [0.15, 0.2) is 0 Å². The largest absolute Gasteiger partial charge is 0.406 e. The van der Waals surface area contributed by atoms with Gasteiger partial charge in [-0.25, -0.2) is 4.79 Å². The molecule has 1 aromatic rings. The standard InChI is InChI=1S/C14H18F3N3O3/c1-23-13(5-3-6-13)8-18-12(22)19-10-4-2-7-20(11(10)21)9-14(15,16)17/h2,4,7H,3,5-6,8-9H2,1H3,(H2,18,19,22). The lowest BCUT2D eigenvalue weighted by molar-refractivity contribution is -0.141. The summed E-state index contributed by atoms with van der Waals surface area (Å²) in [6, 6.07) is 1.87. The zero-order chi connectivity index (χ0) is 17.1. The van der Waals surface area contributed by atoms with E-state index < -0.39 is 24.3 Å². The highest BCUT2D eigenvalue weighted by atomic mass is 19.4. The molecule has 9 heteroatoms. The molecule has 128 valence electrons. The minimum absolute atomic E-state index is 0.214. The van der Waals surface area contributed by atoms with Gasteiger partial charge in [0.2, 0.25) is 0 Å². The number of aromatic nitrogens is 1. The van der Waals surface area contributed by atoms with Gasteiger partial charge in [-0.3, -0.25) is 4.79 Å². The molecule has 23 heavy (non-hydrogen) atoms. The molecular formula is C14H18F3N3O3. The zero-order valence-electron chi connectivity index (χ0n) is 12.6. The summed E-state index contributed by atoms with van der Waals surface area (Å²) in [5, 5.41) is 4.85. The van der Waals surface area contributed by atoms with Crippen LogP contribution in [0, 0.1) is 0 Å². The van der Waals surface area contributed by atoms with E-state index in [9.17, 15) is 22.8 Å². The highest BCUT2D eigenvalue weighted by molar-refractivity contribution is 5.89. The molecule has 1 heterocycles. The Morgan fingerprint density at radius 2 is 2.13 bits per heavy atom. The average molecular weight is 333 g/mol. The van der Waals surface area contributed by atoms with E-state index in [0.717, 1.165) is 25.5 Å². The van der Waals surface area contributed by atoms with E-state index in [-0.39, 0.29) is 17.8 Å². The Bertz CT molecular complexity index is 618. The Labute approximate surface area is 130 Å². The number of nitrogens with zero attached hydrogens (tertiary/aromatic N) is 1. The quantitative estimate of drug-likeness (QED) is 0.867.